The predicted molar refractivity (Wildman–Crippen MR) is 144 cm³/mol. The Kier molecular flexibility index (Phi) is 8.77. The van der Waals surface area contributed by atoms with Crippen LogP contribution in [0.25, 0.3) is 0 Å². The monoisotopic (exact) mass is 558 g/mol. The maximum Gasteiger partial charge on any atom is 0.303 e. The molecule has 0 spiro atoms. The number of aliphatic carboxylic acids is 1. The fourth-order valence-corrected chi connectivity index (χ4v) is 5.90. The summed E-state index contributed by atoms with van der Waals surface area (Å²) in [6.07, 6.45) is 1.40. The SMILES string of the molecule is CCOc1ccc2c(c1)CCN(C(=O)C1CC(CC(=O)O)C1)C2C(=O)Nc1cc(F)c(C(C)(C)COC)c(F)c1. The Morgan fingerprint density at radius 3 is 2.40 bits per heavy atom. The molecule has 2 aromatic carbocycles. The van der Waals surface area contributed by atoms with Crippen molar-refractivity contribution in [2.45, 2.75) is 57.9 Å². The fourth-order valence-electron chi connectivity index (χ4n) is 5.90. The first-order chi connectivity index (χ1) is 18.9. The van der Waals surface area contributed by atoms with Gasteiger partial charge < -0.3 is 24.8 Å². The van der Waals surface area contributed by atoms with Crippen molar-refractivity contribution in [3.63, 3.8) is 0 Å². The largest absolute Gasteiger partial charge is 0.494 e. The maximum absolute atomic E-state index is 15.1. The zero-order valence-corrected chi connectivity index (χ0v) is 23.3. The summed E-state index contributed by atoms with van der Waals surface area (Å²) in [7, 11) is 1.45. The summed E-state index contributed by atoms with van der Waals surface area (Å²) in [5.74, 6) is -3.14. The molecule has 2 N–H and O–H groups in total. The van der Waals surface area contributed by atoms with Crippen molar-refractivity contribution < 1.29 is 37.7 Å². The Morgan fingerprint density at radius 2 is 1.80 bits per heavy atom. The number of amides is 2. The van der Waals surface area contributed by atoms with Gasteiger partial charge in [-0.1, -0.05) is 19.9 Å². The molecule has 1 heterocycles. The van der Waals surface area contributed by atoms with Crippen molar-refractivity contribution in [1.29, 1.82) is 0 Å². The standard InChI is InChI=1S/C30H36F2N2O6/c1-5-40-21-6-7-22-18(13-21)8-9-34(29(38)19-10-17(11-19)12-25(35)36)27(22)28(37)33-20-14-23(31)26(24(32)15-20)30(2,3)16-39-4/h6-7,13-15,17,19,27H,5,8-12,16H2,1-4H3,(H,33,37)(H,35,36). The summed E-state index contributed by atoms with van der Waals surface area (Å²) < 4.78 is 40.9. The van der Waals surface area contributed by atoms with E-state index in [9.17, 15) is 14.4 Å². The van der Waals surface area contributed by atoms with E-state index in [1.807, 2.05) is 13.0 Å². The molecule has 216 valence electrons. The average molecular weight is 559 g/mol. The smallest absolute Gasteiger partial charge is 0.303 e. The number of methoxy groups -OCH3 is 1. The number of carbonyl (C=O) groups is 3. The summed E-state index contributed by atoms with van der Waals surface area (Å²) in [5.41, 5.74) is 0.322. The first-order valence-electron chi connectivity index (χ1n) is 13.5. The number of fused-ring (bicyclic) bond motifs is 1. The Morgan fingerprint density at radius 1 is 1.12 bits per heavy atom. The molecule has 2 aliphatic rings. The highest BCUT2D eigenvalue weighted by atomic mass is 19.1. The first kappa shape index (κ1) is 29.5. The lowest BCUT2D eigenvalue weighted by Gasteiger charge is -2.42. The highest BCUT2D eigenvalue weighted by Crippen LogP contribution is 2.41. The van der Waals surface area contributed by atoms with Crippen LogP contribution in [-0.4, -0.2) is 54.7 Å². The third-order valence-corrected chi connectivity index (χ3v) is 7.73. The third kappa shape index (κ3) is 6.11. The van der Waals surface area contributed by atoms with Crippen LogP contribution in [0.15, 0.2) is 30.3 Å². The summed E-state index contributed by atoms with van der Waals surface area (Å²) in [6, 6.07) is 6.44. The van der Waals surface area contributed by atoms with Crippen LogP contribution in [-0.2, 0) is 31.0 Å². The van der Waals surface area contributed by atoms with E-state index in [-0.39, 0.29) is 48.6 Å². The topological polar surface area (TPSA) is 105 Å². The van der Waals surface area contributed by atoms with Gasteiger partial charge in [0.1, 0.15) is 23.4 Å². The van der Waals surface area contributed by atoms with Crippen molar-refractivity contribution >= 4 is 23.5 Å². The Hall–Kier alpha value is -3.53. The minimum Gasteiger partial charge on any atom is -0.494 e. The van der Waals surface area contributed by atoms with Gasteiger partial charge in [0.2, 0.25) is 5.91 Å². The second-order valence-corrected chi connectivity index (χ2v) is 11.2. The Bertz CT molecular complexity index is 1270. The van der Waals surface area contributed by atoms with Gasteiger partial charge in [0.05, 0.1) is 13.2 Å². The highest BCUT2D eigenvalue weighted by molar-refractivity contribution is 5.99. The number of hydrogen-bond donors (Lipinski definition) is 2. The van der Waals surface area contributed by atoms with E-state index >= 15 is 8.78 Å². The van der Waals surface area contributed by atoms with Gasteiger partial charge in [0.25, 0.3) is 5.91 Å². The minimum atomic E-state index is -1.03. The van der Waals surface area contributed by atoms with E-state index in [1.54, 1.807) is 26.0 Å². The quantitative estimate of drug-likeness (QED) is 0.432. The number of nitrogens with zero attached hydrogens (tertiary/aromatic N) is 1. The molecule has 1 aliphatic carbocycles. The van der Waals surface area contributed by atoms with Crippen LogP contribution in [0.4, 0.5) is 14.5 Å². The summed E-state index contributed by atoms with van der Waals surface area (Å²) in [6.45, 7) is 6.04. The van der Waals surface area contributed by atoms with Crippen molar-refractivity contribution in [1.82, 2.24) is 4.90 Å². The first-order valence-corrected chi connectivity index (χ1v) is 13.5. The third-order valence-electron chi connectivity index (χ3n) is 7.73. The van der Waals surface area contributed by atoms with Gasteiger partial charge in [0.15, 0.2) is 0 Å². The van der Waals surface area contributed by atoms with Crippen molar-refractivity contribution in [2.24, 2.45) is 11.8 Å². The molecule has 0 saturated heterocycles. The van der Waals surface area contributed by atoms with Crippen LogP contribution < -0.4 is 10.1 Å². The number of rotatable bonds is 10. The van der Waals surface area contributed by atoms with Gasteiger partial charge in [0, 0.05) is 42.7 Å². The molecular formula is C30H36F2N2O6. The molecule has 2 amide bonds. The number of carbonyl (C=O) groups excluding carboxylic acids is 2. The second-order valence-electron chi connectivity index (χ2n) is 11.2. The molecule has 0 bridgehead atoms. The van der Waals surface area contributed by atoms with E-state index in [1.165, 1.54) is 12.0 Å². The van der Waals surface area contributed by atoms with E-state index in [0.29, 0.717) is 37.2 Å². The lowest BCUT2D eigenvalue weighted by Crippen LogP contribution is -2.50. The second kappa shape index (κ2) is 11.9. The number of anilines is 1. The molecule has 1 atom stereocenters. The molecule has 8 nitrogen and oxygen atoms in total. The van der Waals surface area contributed by atoms with Crippen LogP contribution in [0.5, 0.6) is 5.75 Å². The molecular weight excluding hydrogens is 522 g/mol. The summed E-state index contributed by atoms with van der Waals surface area (Å²) >= 11 is 0. The zero-order chi connectivity index (χ0) is 29.2. The van der Waals surface area contributed by atoms with Crippen LogP contribution >= 0.6 is 0 Å². The molecule has 1 saturated carbocycles. The van der Waals surface area contributed by atoms with Crippen LogP contribution in [0.3, 0.4) is 0 Å². The molecule has 0 aromatic heterocycles. The number of carboxylic acid groups (broad SMARTS) is 1. The number of halogens is 2. The van der Waals surface area contributed by atoms with Gasteiger partial charge in [-0.2, -0.15) is 0 Å². The fraction of sp³-hybridized carbons (Fsp3) is 0.500. The molecule has 1 aliphatic heterocycles. The number of carboxylic acids is 1. The van der Waals surface area contributed by atoms with Crippen LogP contribution in [0, 0.1) is 23.5 Å². The minimum absolute atomic E-state index is 0.00500. The van der Waals surface area contributed by atoms with Gasteiger partial charge >= 0.3 is 5.97 Å². The number of hydrogen-bond acceptors (Lipinski definition) is 5. The average Bonchev–Trinajstić information content (AvgIpc) is 2.84. The number of nitrogens with one attached hydrogen (secondary N) is 1. The molecule has 10 heteroatoms. The van der Waals surface area contributed by atoms with E-state index in [2.05, 4.69) is 5.32 Å². The Labute approximate surface area is 232 Å². The lowest BCUT2D eigenvalue weighted by molar-refractivity contribution is -0.149. The van der Waals surface area contributed by atoms with Crippen molar-refractivity contribution in [3.05, 3.63) is 58.7 Å². The molecule has 4 rings (SSSR count). The summed E-state index contributed by atoms with van der Waals surface area (Å²) in [4.78, 5) is 39.8. The molecule has 40 heavy (non-hydrogen) atoms. The number of ether oxygens (including phenoxy) is 2. The van der Waals surface area contributed by atoms with E-state index in [0.717, 1.165) is 17.7 Å². The van der Waals surface area contributed by atoms with E-state index < -0.39 is 35.0 Å². The van der Waals surface area contributed by atoms with Crippen LogP contribution in [0.1, 0.15) is 62.8 Å². The molecule has 0 radical (unpaired) electrons. The number of benzene rings is 2. The van der Waals surface area contributed by atoms with Gasteiger partial charge in [-0.25, -0.2) is 8.78 Å². The zero-order valence-electron chi connectivity index (χ0n) is 23.3. The Balaban J connectivity index is 1.62. The van der Waals surface area contributed by atoms with E-state index in [4.69, 9.17) is 14.6 Å². The van der Waals surface area contributed by atoms with Gasteiger partial charge in [-0.05, 0) is 67.5 Å². The van der Waals surface area contributed by atoms with Gasteiger partial charge in [-0.3, -0.25) is 14.4 Å². The van der Waals surface area contributed by atoms with Gasteiger partial charge in [-0.15, -0.1) is 0 Å². The van der Waals surface area contributed by atoms with Crippen molar-refractivity contribution in [2.75, 3.05) is 32.2 Å². The normalized spacial score (nSPS) is 20.4. The highest BCUT2D eigenvalue weighted by Gasteiger charge is 2.43. The molecule has 1 fully saturated rings. The molecule has 1 unspecified atom stereocenters. The van der Waals surface area contributed by atoms with Crippen LogP contribution in [0.2, 0.25) is 0 Å². The predicted octanol–water partition coefficient (Wildman–Crippen LogP) is 4.85. The maximum atomic E-state index is 15.1. The molecule has 2 aromatic rings. The summed E-state index contributed by atoms with van der Waals surface area (Å²) in [5, 5.41) is 11.7. The lowest BCUT2D eigenvalue weighted by atomic mass is 9.72. The van der Waals surface area contributed by atoms with Crippen molar-refractivity contribution in [3.8, 4) is 5.75 Å².